The monoisotopic (exact) mass is 249 g/mol. The lowest BCUT2D eigenvalue weighted by molar-refractivity contribution is -0.142. The van der Waals surface area contributed by atoms with Crippen LogP contribution in [-0.4, -0.2) is 30.3 Å². The van der Waals surface area contributed by atoms with E-state index >= 15 is 0 Å². The number of hydrogen-bond acceptors (Lipinski definition) is 3. The zero-order valence-corrected chi connectivity index (χ0v) is 11.0. The standard InChI is InChI=1S/C14H19NO3/c1-14(2)10(13(16)17)8-9-15(14)11-6-4-5-7-12(11)18-3/h4-7,10H,8-9H2,1-3H3,(H,16,17). The summed E-state index contributed by atoms with van der Waals surface area (Å²) in [5.41, 5.74) is 0.564. The lowest BCUT2D eigenvalue weighted by Gasteiger charge is -2.36. The Morgan fingerprint density at radius 3 is 2.67 bits per heavy atom. The summed E-state index contributed by atoms with van der Waals surface area (Å²) in [5, 5.41) is 9.28. The number of carbonyl (C=O) groups is 1. The summed E-state index contributed by atoms with van der Waals surface area (Å²) in [5.74, 6) is -0.281. The molecule has 2 rings (SSSR count). The molecule has 0 aliphatic carbocycles. The lowest BCUT2D eigenvalue weighted by atomic mass is 9.88. The van der Waals surface area contributed by atoms with Gasteiger partial charge < -0.3 is 14.7 Å². The van der Waals surface area contributed by atoms with Crippen LogP contribution in [-0.2, 0) is 4.79 Å². The van der Waals surface area contributed by atoms with E-state index in [0.29, 0.717) is 6.42 Å². The third-order valence-electron chi connectivity index (χ3n) is 3.86. The number of hydrogen-bond donors (Lipinski definition) is 1. The van der Waals surface area contributed by atoms with Crippen LogP contribution in [0.2, 0.25) is 0 Å². The second-order valence-electron chi connectivity index (χ2n) is 5.16. The van der Waals surface area contributed by atoms with Gasteiger partial charge in [0, 0.05) is 12.1 Å². The largest absolute Gasteiger partial charge is 0.495 e. The van der Waals surface area contributed by atoms with Gasteiger partial charge in [0.15, 0.2) is 0 Å². The molecular weight excluding hydrogens is 230 g/mol. The van der Waals surface area contributed by atoms with Gasteiger partial charge in [-0.15, -0.1) is 0 Å². The number of para-hydroxylation sites is 2. The summed E-state index contributed by atoms with van der Waals surface area (Å²) in [6, 6.07) is 7.74. The van der Waals surface area contributed by atoms with Crippen molar-refractivity contribution in [1.29, 1.82) is 0 Å². The maximum Gasteiger partial charge on any atom is 0.308 e. The van der Waals surface area contributed by atoms with E-state index in [1.165, 1.54) is 0 Å². The summed E-state index contributed by atoms with van der Waals surface area (Å²) in [6.45, 7) is 4.70. The van der Waals surface area contributed by atoms with Crippen LogP contribution >= 0.6 is 0 Å². The second-order valence-corrected chi connectivity index (χ2v) is 5.16. The molecule has 18 heavy (non-hydrogen) atoms. The Bertz CT molecular complexity index is 456. The third kappa shape index (κ3) is 1.92. The van der Waals surface area contributed by atoms with Crippen molar-refractivity contribution < 1.29 is 14.6 Å². The van der Waals surface area contributed by atoms with E-state index in [1.807, 2.05) is 38.1 Å². The Hall–Kier alpha value is -1.71. The Morgan fingerprint density at radius 2 is 2.11 bits per heavy atom. The van der Waals surface area contributed by atoms with Gasteiger partial charge in [0.1, 0.15) is 5.75 Å². The number of benzene rings is 1. The molecule has 1 aromatic rings. The number of rotatable bonds is 3. The number of anilines is 1. The van der Waals surface area contributed by atoms with Gasteiger partial charge >= 0.3 is 5.97 Å². The van der Waals surface area contributed by atoms with E-state index in [4.69, 9.17) is 4.74 Å². The molecule has 4 heteroatoms. The number of ether oxygens (including phenoxy) is 1. The van der Waals surface area contributed by atoms with Crippen LogP contribution in [0.3, 0.4) is 0 Å². The molecular formula is C14H19NO3. The normalized spacial score (nSPS) is 21.9. The predicted octanol–water partition coefficient (Wildman–Crippen LogP) is 2.38. The molecule has 4 nitrogen and oxygen atoms in total. The first-order chi connectivity index (χ1) is 8.48. The molecule has 0 spiro atoms. The minimum atomic E-state index is -0.725. The van der Waals surface area contributed by atoms with Crippen molar-refractivity contribution in [2.75, 3.05) is 18.6 Å². The predicted molar refractivity (Wildman–Crippen MR) is 70.2 cm³/mol. The van der Waals surface area contributed by atoms with Crippen molar-refractivity contribution in [2.24, 2.45) is 5.92 Å². The highest BCUT2D eigenvalue weighted by atomic mass is 16.5. The van der Waals surface area contributed by atoms with Gasteiger partial charge in [-0.3, -0.25) is 4.79 Å². The average molecular weight is 249 g/mol. The minimum Gasteiger partial charge on any atom is -0.495 e. The summed E-state index contributed by atoms with van der Waals surface area (Å²) in [7, 11) is 1.64. The second kappa shape index (κ2) is 4.52. The molecule has 1 fully saturated rings. The van der Waals surface area contributed by atoms with Gasteiger partial charge in [0.05, 0.1) is 18.7 Å². The van der Waals surface area contributed by atoms with Gasteiger partial charge in [0.2, 0.25) is 0 Å². The summed E-state index contributed by atoms with van der Waals surface area (Å²) >= 11 is 0. The topological polar surface area (TPSA) is 49.8 Å². The Morgan fingerprint density at radius 1 is 1.44 bits per heavy atom. The van der Waals surface area contributed by atoms with Crippen LogP contribution in [0.25, 0.3) is 0 Å². The SMILES string of the molecule is COc1ccccc1N1CCC(C(=O)O)C1(C)C. The molecule has 1 saturated heterocycles. The van der Waals surface area contributed by atoms with E-state index in [-0.39, 0.29) is 5.92 Å². The zero-order chi connectivity index (χ0) is 13.3. The number of methoxy groups -OCH3 is 1. The van der Waals surface area contributed by atoms with Crippen molar-refractivity contribution >= 4 is 11.7 Å². The highest BCUT2D eigenvalue weighted by Gasteiger charge is 2.46. The molecule has 1 atom stereocenters. The molecule has 98 valence electrons. The molecule has 0 saturated carbocycles. The fraction of sp³-hybridized carbons (Fsp3) is 0.500. The van der Waals surface area contributed by atoms with Crippen LogP contribution in [0.5, 0.6) is 5.75 Å². The number of aliphatic carboxylic acids is 1. The van der Waals surface area contributed by atoms with Gasteiger partial charge in [-0.05, 0) is 32.4 Å². The summed E-state index contributed by atoms with van der Waals surface area (Å²) in [6.07, 6.45) is 0.667. The fourth-order valence-electron chi connectivity index (χ4n) is 2.80. The van der Waals surface area contributed by atoms with E-state index in [1.54, 1.807) is 7.11 Å². The highest BCUT2D eigenvalue weighted by molar-refractivity contribution is 5.75. The number of carboxylic acids is 1. The molecule has 1 heterocycles. The third-order valence-corrected chi connectivity index (χ3v) is 3.86. The molecule has 1 aromatic carbocycles. The van der Waals surface area contributed by atoms with Crippen molar-refractivity contribution in [3.05, 3.63) is 24.3 Å². The van der Waals surface area contributed by atoms with Crippen molar-refractivity contribution in [3.63, 3.8) is 0 Å². The van der Waals surface area contributed by atoms with Crippen LogP contribution in [0.15, 0.2) is 24.3 Å². The van der Waals surface area contributed by atoms with E-state index in [9.17, 15) is 9.90 Å². The van der Waals surface area contributed by atoms with E-state index in [0.717, 1.165) is 18.0 Å². The zero-order valence-electron chi connectivity index (χ0n) is 11.0. The summed E-state index contributed by atoms with van der Waals surface area (Å²) < 4.78 is 5.36. The van der Waals surface area contributed by atoms with Crippen LogP contribution < -0.4 is 9.64 Å². The van der Waals surface area contributed by atoms with Crippen LogP contribution in [0.4, 0.5) is 5.69 Å². The summed E-state index contributed by atoms with van der Waals surface area (Å²) in [4.78, 5) is 13.4. The molecule has 1 N–H and O–H groups in total. The molecule has 1 aliphatic rings. The van der Waals surface area contributed by atoms with E-state index < -0.39 is 11.5 Å². The highest BCUT2D eigenvalue weighted by Crippen LogP contribution is 2.41. The smallest absolute Gasteiger partial charge is 0.308 e. The first-order valence-electron chi connectivity index (χ1n) is 6.12. The van der Waals surface area contributed by atoms with Crippen molar-refractivity contribution in [3.8, 4) is 5.75 Å². The van der Waals surface area contributed by atoms with Crippen molar-refractivity contribution in [2.45, 2.75) is 25.8 Å². The first kappa shape index (κ1) is 12.7. The lowest BCUT2D eigenvalue weighted by Crippen LogP contribution is -2.45. The maximum absolute atomic E-state index is 11.3. The van der Waals surface area contributed by atoms with Crippen LogP contribution in [0.1, 0.15) is 20.3 Å². The molecule has 1 unspecified atom stereocenters. The van der Waals surface area contributed by atoms with Crippen LogP contribution in [0, 0.1) is 5.92 Å². The fourth-order valence-corrected chi connectivity index (χ4v) is 2.80. The molecule has 0 bridgehead atoms. The van der Waals surface area contributed by atoms with Gasteiger partial charge in [-0.25, -0.2) is 0 Å². The Labute approximate surface area is 107 Å². The minimum absolute atomic E-state index is 0.345. The Balaban J connectivity index is 2.38. The molecule has 1 aliphatic heterocycles. The van der Waals surface area contributed by atoms with Gasteiger partial charge in [-0.2, -0.15) is 0 Å². The van der Waals surface area contributed by atoms with Crippen molar-refractivity contribution in [1.82, 2.24) is 0 Å². The average Bonchev–Trinajstić information content (AvgIpc) is 2.64. The first-order valence-corrected chi connectivity index (χ1v) is 6.12. The molecule has 0 aromatic heterocycles. The Kier molecular flexibility index (Phi) is 3.20. The molecule has 0 amide bonds. The quantitative estimate of drug-likeness (QED) is 0.893. The van der Waals surface area contributed by atoms with Gasteiger partial charge in [0.25, 0.3) is 0 Å². The number of nitrogens with zero attached hydrogens (tertiary/aromatic N) is 1. The number of carboxylic acid groups (broad SMARTS) is 1. The molecule has 0 radical (unpaired) electrons. The maximum atomic E-state index is 11.3. The van der Waals surface area contributed by atoms with Gasteiger partial charge in [-0.1, -0.05) is 12.1 Å². The van der Waals surface area contributed by atoms with E-state index in [2.05, 4.69) is 4.90 Å².